The first kappa shape index (κ1) is 10.6. The highest BCUT2D eigenvalue weighted by atomic mass is 16.3. The van der Waals surface area contributed by atoms with Gasteiger partial charge in [-0.3, -0.25) is 4.79 Å². The standard InChI is InChI=1S/C11H15NO2/c1-9(2)7-12-11(13)4-3-10-5-6-14-8-10/h3-6,8-9H,7H2,1-2H3,(H,12,13)/b4-3+. The van der Waals surface area contributed by atoms with Crippen LogP contribution in [0.15, 0.2) is 29.1 Å². The third-order valence-electron chi connectivity index (χ3n) is 1.65. The topological polar surface area (TPSA) is 42.2 Å². The van der Waals surface area contributed by atoms with E-state index in [0.717, 1.165) is 5.56 Å². The van der Waals surface area contributed by atoms with Crippen LogP contribution in [0.5, 0.6) is 0 Å². The van der Waals surface area contributed by atoms with Crippen molar-refractivity contribution in [1.82, 2.24) is 5.32 Å². The van der Waals surface area contributed by atoms with Gasteiger partial charge in [0.05, 0.1) is 12.5 Å². The average Bonchev–Trinajstić information content (AvgIpc) is 2.63. The van der Waals surface area contributed by atoms with E-state index < -0.39 is 0 Å². The molecule has 0 aromatic carbocycles. The Labute approximate surface area is 83.8 Å². The van der Waals surface area contributed by atoms with Crippen molar-refractivity contribution in [3.63, 3.8) is 0 Å². The van der Waals surface area contributed by atoms with Gasteiger partial charge >= 0.3 is 0 Å². The largest absolute Gasteiger partial charge is 0.472 e. The molecule has 0 bridgehead atoms. The van der Waals surface area contributed by atoms with Gasteiger partial charge in [-0.15, -0.1) is 0 Å². The van der Waals surface area contributed by atoms with Gasteiger partial charge in [-0.25, -0.2) is 0 Å². The van der Waals surface area contributed by atoms with Crippen LogP contribution in [-0.4, -0.2) is 12.5 Å². The smallest absolute Gasteiger partial charge is 0.244 e. The van der Waals surface area contributed by atoms with Crippen LogP contribution >= 0.6 is 0 Å². The molecule has 0 spiro atoms. The molecule has 1 rings (SSSR count). The third-order valence-corrected chi connectivity index (χ3v) is 1.65. The minimum absolute atomic E-state index is 0.0695. The Balaban J connectivity index is 2.34. The van der Waals surface area contributed by atoms with E-state index in [4.69, 9.17) is 4.42 Å². The Morgan fingerprint density at radius 1 is 1.64 bits per heavy atom. The second-order valence-electron chi connectivity index (χ2n) is 3.53. The van der Waals surface area contributed by atoms with Crippen LogP contribution in [0.1, 0.15) is 19.4 Å². The van der Waals surface area contributed by atoms with Crippen molar-refractivity contribution in [1.29, 1.82) is 0 Å². The zero-order chi connectivity index (χ0) is 10.4. The van der Waals surface area contributed by atoms with E-state index in [1.807, 2.05) is 0 Å². The molecule has 0 atom stereocenters. The summed E-state index contributed by atoms with van der Waals surface area (Å²) in [5.41, 5.74) is 0.893. The summed E-state index contributed by atoms with van der Waals surface area (Å²) in [5.74, 6) is 0.404. The van der Waals surface area contributed by atoms with Crippen LogP contribution in [-0.2, 0) is 4.79 Å². The molecular formula is C11H15NO2. The van der Waals surface area contributed by atoms with E-state index in [2.05, 4.69) is 19.2 Å². The maximum atomic E-state index is 11.2. The molecule has 0 aliphatic heterocycles. The van der Waals surface area contributed by atoms with Gasteiger partial charge in [0.15, 0.2) is 0 Å². The van der Waals surface area contributed by atoms with E-state index in [1.165, 1.54) is 6.08 Å². The molecule has 1 N–H and O–H groups in total. The number of hydrogen-bond acceptors (Lipinski definition) is 2. The number of furan rings is 1. The van der Waals surface area contributed by atoms with E-state index in [9.17, 15) is 4.79 Å². The molecular weight excluding hydrogens is 178 g/mol. The SMILES string of the molecule is CC(C)CNC(=O)/C=C/c1ccoc1. The highest BCUT2D eigenvalue weighted by Crippen LogP contribution is 2.01. The normalized spacial score (nSPS) is 11.1. The monoisotopic (exact) mass is 193 g/mol. The summed E-state index contributed by atoms with van der Waals surface area (Å²) >= 11 is 0. The summed E-state index contributed by atoms with van der Waals surface area (Å²) in [6.45, 7) is 4.81. The lowest BCUT2D eigenvalue weighted by atomic mass is 10.2. The van der Waals surface area contributed by atoms with Crippen molar-refractivity contribution in [2.24, 2.45) is 5.92 Å². The van der Waals surface area contributed by atoms with Crippen molar-refractivity contribution >= 4 is 12.0 Å². The Morgan fingerprint density at radius 3 is 3.00 bits per heavy atom. The minimum Gasteiger partial charge on any atom is -0.472 e. The van der Waals surface area contributed by atoms with Gasteiger partial charge in [-0.05, 0) is 18.1 Å². The summed E-state index contributed by atoms with van der Waals surface area (Å²) in [5, 5.41) is 2.79. The summed E-state index contributed by atoms with van der Waals surface area (Å²) < 4.78 is 4.86. The minimum atomic E-state index is -0.0695. The van der Waals surface area contributed by atoms with Crippen molar-refractivity contribution < 1.29 is 9.21 Å². The van der Waals surface area contributed by atoms with E-state index in [-0.39, 0.29) is 5.91 Å². The van der Waals surface area contributed by atoms with E-state index >= 15 is 0 Å². The lowest BCUT2D eigenvalue weighted by molar-refractivity contribution is -0.116. The lowest BCUT2D eigenvalue weighted by Gasteiger charge is -2.03. The number of carbonyl (C=O) groups excluding carboxylic acids is 1. The Bertz CT molecular complexity index is 299. The Morgan fingerprint density at radius 2 is 2.43 bits per heavy atom. The number of amides is 1. The Hall–Kier alpha value is -1.51. The molecule has 0 radical (unpaired) electrons. The van der Waals surface area contributed by atoms with Gasteiger partial charge in [-0.2, -0.15) is 0 Å². The van der Waals surface area contributed by atoms with Crippen molar-refractivity contribution in [3.8, 4) is 0 Å². The third kappa shape index (κ3) is 3.94. The number of carbonyl (C=O) groups is 1. The number of rotatable bonds is 4. The van der Waals surface area contributed by atoms with Crippen LogP contribution in [0.2, 0.25) is 0 Å². The summed E-state index contributed by atoms with van der Waals surface area (Å²) in [6, 6.07) is 1.80. The van der Waals surface area contributed by atoms with Crippen molar-refractivity contribution in [3.05, 3.63) is 30.2 Å². The van der Waals surface area contributed by atoms with Gasteiger partial charge in [0.25, 0.3) is 0 Å². The molecule has 1 amide bonds. The van der Waals surface area contributed by atoms with Gasteiger partial charge in [0.1, 0.15) is 0 Å². The number of nitrogens with one attached hydrogen (secondary N) is 1. The molecule has 1 aromatic heterocycles. The Kier molecular flexibility index (Phi) is 3.98. The summed E-state index contributed by atoms with van der Waals surface area (Å²) in [4.78, 5) is 11.2. The molecule has 3 heteroatoms. The highest BCUT2D eigenvalue weighted by Gasteiger charge is 1.97. The van der Waals surface area contributed by atoms with Gasteiger partial charge in [0, 0.05) is 18.2 Å². The van der Waals surface area contributed by atoms with Crippen LogP contribution in [0.25, 0.3) is 6.08 Å². The summed E-state index contributed by atoms with van der Waals surface area (Å²) in [7, 11) is 0. The second kappa shape index (κ2) is 5.27. The fraction of sp³-hybridized carbons (Fsp3) is 0.364. The predicted molar refractivity (Wildman–Crippen MR) is 55.6 cm³/mol. The predicted octanol–water partition coefficient (Wildman–Crippen LogP) is 2.06. The molecule has 0 saturated heterocycles. The van der Waals surface area contributed by atoms with Crippen LogP contribution < -0.4 is 5.32 Å². The van der Waals surface area contributed by atoms with Crippen LogP contribution in [0, 0.1) is 5.92 Å². The highest BCUT2D eigenvalue weighted by molar-refractivity contribution is 5.91. The van der Waals surface area contributed by atoms with Crippen LogP contribution in [0.3, 0.4) is 0 Å². The zero-order valence-corrected chi connectivity index (χ0v) is 8.49. The van der Waals surface area contributed by atoms with Crippen LogP contribution in [0.4, 0.5) is 0 Å². The second-order valence-corrected chi connectivity index (χ2v) is 3.53. The fourth-order valence-electron chi connectivity index (χ4n) is 0.905. The van der Waals surface area contributed by atoms with Crippen molar-refractivity contribution in [2.75, 3.05) is 6.54 Å². The quantitative estimate of drug-likeness (QED) is 0.744. The summed E-state index contributed by atoms with van der Waals surface area (Å²) in [6.07, 6.45) is 6.39. The molecule has 0 aliphatic rings. The molecule has 0 unspecified atom stereocenters. The van der Waals surface area contributed by atoms with Crippen molar-refractivity contribution in [2.45, 2.75) is 13.8 Å². The molecule has 1 aromatic rings. The first-order valence-corrected chi connectivity index (χ1v) is 4.66. The maximum Gasteiger partial charge on any atom is 0.244 e. The zero-order valence-electron chi connectivity index (χ0n) is 8.49. The molecule has 1 heterocycles. The fourth-order valence-corrected chi connectivity index (χ4v) is 0.905. The maximum absolute atomic E-state index is 11.2. The molecule has 76 valence electrons. The average molecular weight is 193 g/mol. The first-order chi connectivity index (χ1) is 6.68. The lowest BCUT2D eigenvalue weighted by Crippen LogP contribution is -2.25. The van der Waals surface area contributed by atoms with E-state index in [1.54, 1.807) is 24.7 Å². The number of hydrogen-bond donors (Lipinski definition) is 1. The van der Waals surface area contributed by atoms with Gasteiger partial charge in [-0.1, -0.05) is 13.8 Å². The van der Waals surface area contributed by atoms with E-state index in [0.29, 0.717) is 12.5 Å². The van der Waals surface area contributed by atoms with Gasteiger partial charge in [0.2, 0.25) is 5.91 Å². The molecule has 0 fully saturated rings. The first-order valence-electron chi connectivity index (χ1n) is 4.66. The molecule has 14 heavy (non-hydrogen) atoms. The van der Waals surface area contributed by atoms with Gasteiger partial charge < -0.3 is 9.73 Å². The molecule has 0 saturated carbocycles. The molecule has 3 nitrogen and oxygen atoms in total. The molecule has 0 aliphatic carbocycles.